The quantitative estimate of drug-likeness (QED) is 0.869. The van der Waals surface area contributed by atoms with Crippen molar-refractivity contribution in [3.63, 3.8) is 0 Å². The summed E-state index contributed by atoms with van der Waals surface area (Å²) in [6.45, 7) is 4.32. The van der Waals surface area contributed by atoms with Crippen molar-refractivity contribution in [1.82, 2.24) is 5.32 Å². The van der Waals surface area contributed by atoms with Crippen molar-refractivity contribution >= 4 is 11.9 Å². The molecule has 1 aromatic rings. The summed E-state index contributed by atoms with van der Waals surface area (Å²) < 4.78 is 5.55. The Labute approximate surface area is 124 Å². The lowest BCUT2D eigenvalue weighted by atomic mass is 9.96. The molecule has 114 valence electrons. The molecule has 0 aromatic heterocycles. The van der Waals surface area contributed by atoms with Crippen LogP contribution in [0.25, 0.3) is 0 Å². The standard InChI is InChI=1S/C16H21NO4/c1-10(2)9-13(16(19)20)17-15(18)14-12-6-4-3-5-11(12)7-8-21-14/h3-6,10,13-14H,7-9H2,1-2H3,(H,17,18)(H,19,20)/t13-,14?/m1/s1. The number of ether oxygens (including phenoxy) is 1. The molecular formula is C16H21NO4. The zero-order valence-corrected chi connectivity index (χ0v) is 12.3. The topological polar surface area (TPSA) is 75.6 Å². The Morgan fingerprint density at radius 1 is 1.38 bits per heavy atom. The lowest BCUT2D eigenvalue weighted by Crippen LogP contribution is -2.45. The fourth-order valence-corrected chi connectivity index (χ4v) is 2.55. The molecule has 1 unspecified atom stereocenters. The van der Waals surface area contributed by atoms with E-state index in [2.05, 4.69) is 5.32 Å². The molecule has 1 aliphatic rings. The van der Waals surface area contributed by atoms with Gasteiger partial charge in [-0.05, 0) is 29.9 Å². The van der Waals surface area contributed by atoms with Gasteiger partial charge in [0.05, 0.1) is 6.61 Å². The number of fused-ring (bicyclic) bond motifs is 1. The maximum atomic E-state index is 12.4. The van der Waals surface area contributed by atoms with Crippen LogP contribution >= 0.6 is 0 Å². The van der Waals surface area contributed by atoms with E-state index in [9.17, 15) is 14.7 Å². The maximum absolute atomic E-state index is 12.4. The number of amides is 1. The van der Waals surface area contributed by atoms with E-state index < -0.39 is 18.1 Å². The third-order valence-electron chi connectivity index (χ3n) is 3.55. The lowest BCUT2D eigenvalue weighted by Gasteiger charge is -2.26. The van der Waals surface area contributed by atoms with Crippen LogP contribution in [0.2, 0.25) is 0 Å². The number of nitrogens with one attached hydrogen (secondary N) is 1. The Morgan fingerprint density at radius 2 is 2.10 bits per heavy atom. The molecule has 0 bridgehead atoms. The Morgan fingerprint density at radius 3 is 2.76 bits per heavy atom. The third-order valence-corrected chi connectivity index (χ3v) is 3.55. The Bertz CT molecular complexity index is 527. The summed E-state index contributed by atoms with van der Waals surface area (Å²) in [5.74, 6) is -1.21. The number of hydrogen-bond acceptors (Lipinski definition) is 3. The van der Waals surface area contributed by atoms with Crippen LogP contribution in [0.5, 0.6) is 0 Å². The molecule has 5 heteroatoms. The summed E-state index contributed by atoms with van der Waals surface area (Å²) in [4.78, 5) is 23.6. The number of benzene rings is 1. The van der Waals surface area contributed by atoms with Gasteiger partial charge in [-0.15, -0.1) is 0 Å². The van der Waals surface area contributed by atoms with Gasteiger partial charge in [0.25, 0.3) is 5.91 Å². The number of carbonyl (C=O) groups is 2. The lowest BCUT2D eigenvalue weighted by molar-refractivity contribution is -0.145. The first kappa shape index (κ1) is 15.5. The number of aliphatic carboxylic acids is 1. The van der Waals surface area contributed by atoms with Gasteiger partial charge in [-0.25, -0.2) is 4.79 Å². The van der Waals surface area contributed by atoms with Gasteiger partial charge in [-0.1, -0.05) is 38.1 Å². The molecule has 0 aliphatic carbocycles. The molecule has 5 nitrogen and oxygen atoms in total. The van der Waals surface area contributed by atoms with Gasteiger partial charge in [0.2, 0.25) is 0 Å². The highest BCUT2D eigenvalue weighted by Crippen LogP contribution is 2.27. The fourth-order valence-electron chi connectivity index (χ4n) is 2.55. The summed E-state index contributed by atoms with van der Waals surface area (Å²) in [7, 11) is 0. The molecule has 1 amide bonds. The minimum absolute atomic E-state index is 0.186. The average molecular weight is 291 g/mol. The number of hydrogen-bond donors (Lipinski definition) is 2. The molecule has 0 radical (unpaired) electrons. The molecule has 1 aliphatic heterocycles. The largest absolute Gasteiger partial charge is 0.480 e. The van der Waals surface area contributed by atoms with Crippen LogP contribution in [-0.2, 0) is 20.7 Å². The molecule has 21 heavy (non-hydrogen) atoms. The summed E-state index contributed by atoms with van der Waals surface area (Å²) in [6, 6.07) is 6.74. The van der Waals surface area contributed by atoms with Crippen molar-refractivity contribution in [2.75, 3.05) is 6.61 Å². The minimum atomic E-state index is -1.01. The van der Waals surface area contributed by atoms with Gasteiger partial charge < -0.3 is 15.2 Å². The molecule has 1 aromatic carbocycles. The van der Waals surface area contributed by atoms with Gasteiger partial charge >= 0.3 is 5.97 Å². The predicted molar refractivity (Wildman–Crippen MR) is 77.9 cm³/mol. The van der Waals surface area contributed by atoms with Gasteiger partial charge in [-0.2, -0.15) is 0 Å². The molecule has 0 saturated carbocycles. The summed E-state index contributed by atoms with van der Waals surface area (Å²) >= 11 is 0. The molecular weight excluding hydrogens is 270 g/mol. The van der Waals surface area contributed by atoms with Crippen LogP contribution < -0.4 is 5.32 Å². The molecule has 2 rings (SSSR count). The van der Waals surface area contributed by atoms with Crippen molar-refractivity contribution in [2.24, 2.45) is 5.92 Å². The zero-order chi connectivity index (χ0) is 15.4. The summed E-state index contributed by atoms with van der Waals surface area (Å²) in [5.41, 5.74) is 1.91. The molecule has 2 N–H and O–H groups in total. The van der Waals surface area contributed by atoms with Gasteiger partial charge in [-0.3, -0.25) is 4.79 Å². The number of carboxylic acid groups (broad SMARTS) is 1. The van der Waals surface area contributed by atoms with E-state index in [4.69, 9.17) is 4.74 Å². The van der Waals surface area contributed by atoms with Gasteiger partial charge in [0, 0.05) is 0 Å². The minimum Gasteiger partial charge on any atom is -0.480 e. The normalized spacial score (nSPS) is 18.9. The zero-order valence-electron chi connectivity index (χ0n) is 12.3. The summed E-state index contributed by atoms with van der Waals surface area (Å²) in [6.07, 6.45) is 0.452. The van der Waals surface area contributed by atoms with E-state index in [1.54, 1.807) is 0 Å². The highest BCUT2D eigenvalue weighted by molar-refractivity contribution is 5.87. The monoisotopic (exact) mass is 291 g/mol. The first-order chi connectivity index (χ1) is 9.99. The van der Waals surface area contributed by atoms with E-state index in [0.29, 0.717) is 13.0 Å². The second kappa shape index (κ2) is 6.72. The van der Waals surface area contributed by atoms with E-state index in [-0.39, 0.29) is 11.8 Å². The number of rotatable bonds is 5. The number of carbonyl (C=O) groups excluding carboxylic acids is 1. The molecule has 0 saturated heterocycles. The first-order valence-electron chi connectivity index (χ1n) is 7.21. The van der Waals surface area contributed by atoms with Crippen molar-refractivity contribution in [2.45, 2.75) is 38.8 Å². The van der Waals surface area contributed by atoms with Crippen LogP contribution in [0.4, 0.5) is 0 Å². The van der Waals surface area contributed by atoms with Gasteiger partial charge in [0.1, 0.15) is 6.04 Å². The van der Waals surface area contributed by atoms with Crippen molar-refractivity contribution in [3.05, 3.63) is 35.4 Å². The second-order valence-corrected chi connectivity index (χ2v) is 5.73. The molecule has 0 fully saturated rings. The predicted octanol–water partition coefficient (Wildman–Crippen LogP) is 1.92. The van der Waals surface area contributed by atoms with E-state index in [0.717, 1.165) is 17.5 Å². The fraction of sp³-hybridized carbons (Fsp3) is 0.500. The molecule has 2 atom stereocenters. The molecule has 0 spiro atoms. The molecule has 1 heterocycles. The third kappa shape index (κ3) is 3.82. The SMILES string of the molecule is CC(C)C[C@@H](NC(=O)C1OCCc2ccccc21)C(=O)O. The smallest absolute Gasteiger partial charge is 0.326 e. The van der Waals surface area contributed by atoms with E-state index in [1.165, 1.54) is 0 Å². The average Bonchev–Trinajstić information content (AvgIpc) is 2.45. The van der Waals surface area contributed by atoms with Gasteiger partial charge in [0.15, 0.2) is 6.10 Å². The van der Waals surface area contributed by atoms with E-state index >= 15 is 0 Å². The Hall–Kier alpha value is -1.88. The van der Waals surface area contributed by atoms with Crippen molar-refractivity contribution in [3.8, 4) is 0 Å². The first-order valence-corrected chi connectivity index (χ1v) is 7.21. The van der Waals surface area contributed by atoms with Crippen molar-refractivity contribution < 1.29 is 19.4 Å². The van der Waals surface area contributed by atoms with E-state index in [1.807, 2.05) is 38.1 Å². The Balaban J connectivity index is 2.12. The van der Waals surface area contributed by atoms with Crippen LogP contribution in [0.15, 0.2) is 24.3 Å². The summed E-state index contributed by atoms with van der Waals surface area (Å²) in [5, 5.41) is 11.8. The second-order valence-electron chi connectivity index (χ2n) is 5.73. The number of carboxylic acids is 1. The van der Waals surface area contributed by atoms with Crippen LogP contribution in [0.3, 0.4) is 0 Å². The highest BCUT2D eigenvalue weighted by Gasteiger charge is 2.30. The van der Waals surface area contributed by atoms with Crippen LogP contribution in [-0.4, -0.2) is 29.6 Å². The van der Waals surface area contributed by atoms with Crippen LogP contribution in [0, 0.1) is 5.92 Å². The van der Waals surface area contributed by atoms with Crippen LogP contribution in [0.1, 0.15) is 37.5 Å². The maximum Gasteiger partial charge on any atom is 0.326 e. The highest BCUT2D eigenvalue weighted by atomic mass is 16.5. The van der Waals surface area contributed by atoms with Crippen molar-refractivity contribution in [1.29, 1.82) is 0 Å². The Kier molecular flexibility index (Phi) is 4.96.